The monoisotopic (exact) mass is 649 g/mol. The van der Waals surface area contributed by atoms with Crippen LogP contribution in [-0.4, -0.2) is 73.2 Å². The molecule has 5 aromatic rings. The Morgan fingerprint density at radius 2 is 1.96 bits per heavy atom. The van der Waals surface area contributed by atoms with E-state index in [1.165, 1.54) is 21.4 Å². The number of urea groups is 1. The standard InChI is InChI=1S/C34H38F3N7O3/c1-4-20-8-7-9-22-23-11-13-47-33(6-3,30(23)41-29(20)22)14-28(45)43-12-10-25-31(43)39-16-27-38-15-26(44(25)27)24-18-42(17-21(24)5-2)32(46)40-19-34(35,36)37/h7-10,12,15-16,21,24,41H,4-6,11,13-14,17-19H2,1-3H3,(H,40,46)/t21-,24+,33?/m1/s1. The number of likely N-dealkylation sites (tertiary alicyclic amines) is 1. The number of hydrogen-bond acceptors (Lipinski definition) is 5. The Labute approximate surface area is 269 Å². The van der Waals surface area contributed by atoms with Crippen molar-refractivity contribution >= 4 is 39.7 Å². The summed E-state index contributed by atoms with van der Waals surface area (Å²) in [5.74, 6) is -0.300. The van der Waals surface area contributed by atoms with Crippen molar-refractivity contribution in [3.8, 4) is 0 Å². The number of nitrogens with one attached hydrogen (secondary N) is 2. The number of H-pyrrole nitrogens is 1. The van der Waals surface area contributed by atoms with E-state index in [-0.39, 0.29) is 30.7 Å². The smallest absolute Gasteiger partial charge is 0.368 e. The number of fused-ring (bicyclic) bond motifs is 6. The predicted octanol–water partition coefficient (Wildman–Crippen LogP) is 6.33. The number of aryl methyl sites for hydroxylation is 1. The van der Waals surface area contributed by atoms with Gasteiger partial charge in [-0.1, -0.05) is 45.4 Å². The second-order valence-corrected chi connectivity index (χ2v) is 12.7. The molecule has 2 aliphatic rings. The molecule has 1 unspecified atom stereocenters. The van der Waals surface area contributed by atoms with Gasteiger partial charge in [-0.2, -0.15) is 13.2 Å². The van der Waals surface area contributed by atoms with Crippen molar-refractivity contribution < 1.29 is 27.5 Å². The van der Waals surface area contributed by atoms with Crippen LogP contribution in [0.5, 0.6) is 0 Å². The molecule has 0 spiro atoms. The summed E-state index contributed by atoms with van der Waals surface area (Å²) in [6, 6.07) is 7.45. The Hall–Kier alpha value is -4.39. The SMILES string of the molecule is CCc1cccc2c3c([nH]c12)C(CC)(CC(=O)n1ccc2c1ncc1ncc([C@H]4CN(C(=O)NCC(F)(F)F)C[C@H]4CC)n12)OCC3. The summed E-state index contributed by atoms with van der Waals surface area (Å²) in [4.78, 5) is 41.1. The number of hydrogen-bond donors (Lipinski definition) is 2. The topological polar surface area (TPSA) is 110 Å². The van der Waals surface area contributed by atoms with Crippen LogP contribution in [0.3, 0.4) is 0 Å². The summed E-state index contributed by atoms with van der Waals surface area (Å²) in [5, 5.41) is 3.18. The number of carbonyl (C=O) groups excluding carboxylic acids is 2. The van der Waals surface area contributed by atoms with Crippen molar-refractivity contribution in [1.29, 1.82) is 0 Å². The molecule has 4 aromatic heterocycles. The summed E-state index contributed by atoms with van der Waals surface area (Å²) in [7, 11) is 0. The van der Waals surface area contributed by atoms with Crippen LogP contribution in [0.1, 0.15) is 73.3 Å². The molecule has 2 amide bonds. The van der Waals surface area contributed by atoms with Gasteiger partial charge in [-0.3, -0.25) is 13.8 Å². The number of aromatic nitrogens is 5. The van der Waals surface area contributed by atoms with Crippen LogP contribution in [-0.2, 0) is 23.2 Å². The zero-order valence-corrected chi connectivity index (χ0v) is 26.7. The number of aromatic amines is 1. The van der Waals surface area contributed by atoms with Gasteiger partial charge >= 0.3 is 12.2 Å². The maximum atomic E-state index is 14.1. The highest BCUT2D eigenvalue weighted by Crippen LogP contribution is 2.43. The van der Waals surface area contributed by atoms with Gasteiger partial charge in [0.2, 0.25) is 5.91 Å². The van der Waals surface area contributed by atoms with Gasteiger partial charge in [0.1, 0.15) is 12.1 Å². The molecular weight excluding hydrogens is 611 g/mol. The van der Waals surface area contributed by atoms with E-state index in [1.807, 2.05) is 29.6 Å². The van der Waals surface area contributed by atoms with Gasteiger partial charge in [-0.05, 0) is 42.4 Å². The first-order valence-electron chi connectivity index (χ1n) is 16.3. The van der Waals surface area contributed by atoms with Crippen molar-refractivity contribution in [2.24, 2.45) is 5.92 Å². The van der Waals surface area contributed by atoms with Crippen molar-refractivity contribution in [2.75, 3.05) is 26.2 Å². The molecule has 6 heterocycles. The van der Waals surface area contributed by atoms with Crippen molar-refractivity contribution in [1.82, 2.24) is 34.1 Å². The number of ether oxygens (including phenoxy) is 1. The summed E-state index contributed by atoms with van der Waals surface area (Å²) in [5.41, 5.74) is 6.26. The van der Waals surface area contributed by atoms with Gasteiger partial charge in [0.25, 0.3) is 0 Å². The lowest BCUT2D eigenvalue weighted by molar-refractivity contribution is -0.123. The third-order valence-corrected chi connectivity index (χ3v) is 10.1. The lowest BCUT2D eigenvalue weighted by Crippen LogP contribution is -2.42. The summed E-state index contributed by atoms with van der Waals surface area (Å²) >= 11 is 0. The maximum absolute atomic E-state index is 14.1. The van der Waals surface area contributed by atoms with E-state index < -0.39 is 24.4 Å². The van der Waals surface area contributed by atoms with E-state index in [4.69, 9.17) is 4.74 Å². The minimum Gasteiger partial charge on any atom is -0.368 e. The quantitative estimate of drug-likeness (QED) is 0.214. The van der Waals surface area contributed by atoms with Gasteiger partial charge in [-0.15, -0.1) is 0 Å². The third kappa shape index (κ3) is 5.24. The summed E-state index contributed by atoms with van der Waals surface area (Å²) < 4.78 is 48.2. The molecule has 0 saturated carbocycles. The Bertz CT molecular complexity index is 1990. The fourth-order valence-electron chi connectivity index (χ4n) is 7.68. The molecule has 1 fully saturated rings. The van der Waals surface area contributed by atoms with Crippen molar-refractivity contribution in [3.63, 3.8) is 0 Å². The van der Waals surface area contributed by atoms with Gasteiger partial charge in [-0.25, -0.2) is 14.8 Å². The first-order valence-corrected chi connectivity index (χ1v) is 16.3. The molecular formula is C34H38F3N7O3. The van der Waals surface area contributed by atoms with Crippen molar-refractivity contribution in [2.45, 2.75) is 70.6 Å². The first kappa shape index (κ1) is 31.2. The molecule has 3 atom stereocenters. The highest BCUT2D eigenvalue weighted by Gasteiger charge is 2.42. The van der Waals surface area contributed by atoms with E-state index in [2.05, 4.69) is 40.1 Å². The second kappa shape index (κ2) is 11.7. The fourth-order valence-corrected chi connectivity index (χ4v) is 7.68. The predicted molar refractivity (Wildman–Crippen MR) is 171 cm³/mol. The first-order chi connectivity index (χ1) is 22.6. The van der Waals surface area contributed by atoms with Crippen LogP contribution in [0.15, 0.2) is 42.9 Å². The number of rotatable bonds is 7. The van der Waals surface area contributed by atoms with E-state index in [9.17, 15) is 22.8 Å². The van der Waals surface area contributed by atoms with E-state index in [0.717, 1.165) is 36.2 Å². The van der Waals surface area contributed by atoms with Gasteiger partial charge < -0.3 is 19.9 Å². The van der Waals surface area contributed by atoms with Crippen LogP contribution in [0.25, 0.3) is 27.7 Å². The largest absolute Gasteiger partial charge is 0.405 e. The molecule has 0 radical (unpaired) electrons. The number of amides is 2. The molecule has 1 saturated heterocycles. The molecule has 0 bridgehead atoms. The highest BCUT2D eigenvalue weighted by molar-refractivity contribution is 5.92. The average molecular weight is 650 g/mol. The zero-order chi connectivity index (χ0) is 33.1. The number of halogens is 3. The van der Waals surface area contributed by atoms with Crippen LogP contribution in [0.4, 0.5) is 18.0 Å². The number of alkyl halides is 3. The number of carbonyl (C=O) groups is 2. The lowest BCUT2D eigenvalue weighted by atomic mass is 9.86. The second-order valence-electron chi connectivity index (χ2n) is 12.7. The highest BCUT2D eigenvalue weighted by atomic mass is 19.4. The Balaban J connectivity index is 1.21. The molecule has 47 heavy (non-hydrogen) atoms. The van der Waals surface area contributed by atoms with Gasteiger partial charge in [0.05, 0.1) is 30.4 Å². The van der Waals surface area contributed by atoms with Crippen LogP contribution >= 0.6 is 0 Å². The maximum Gasteiger partial charge on any atom is 0.405 e. The van der Waals surface area contributed by atoms with Crippen LogP contribution < -0.4 is 5.32 Å². The lowest BCUT2D eigenvalue weighted by Gasteiger charge is -2.36. The molecule has 0 aliphatic carbocycles. The van der Waals surface area contributed by atoms with E-state index in [0.29, 0.717) is 36.4 Å². The summed E-state index contributed by atoms with van der Waals surface area (Å²) in [6.07, 6.45) is 3.71. The number of benzene rings is 1. The molecule has 1 aromatic carbocycles. The van der Waals surface area contributed by atoms with Gasteiger partial charge in [0.15, 0.2) is 11.3 Å². The zero-order valence-electron chi connectivity index (χ0n) is 26.7. The average Bonchev–Trinajstić information content (AvgIpc) is 3.85. The minimum absolute atomic E-state index is 0.0186. The molecule has 7 rings (SSSR count). The molecule has 2 aliphatic heterocycles. The van der Waals surface area contributed by atoms with Crippen LogP contribution in [0, 0.1) is 5.92 Å². The summed E-state index contributed by atoms with van der Waals surface area (Å²) in [6.45, 7) is 5.91. The molecule has 2 N–H and O–H groups in total. The van der Waals surface area contributed by atoms with E-state index >= 15 is 0 Å². The number of nitrogens with zero attached hydrogens (tertiary/aromatic N) is 5. The van der Waals surface area contributed by atoms with Crippen LogP contribution in [0.2, 0.25) is 0 Å². The molecule has 248 valence electrons. The Morgan fingerprint density at radius 1 is 1.13 bits per heavy atom. The Kier molecular flexibility index (Phi) is 7.77. The number of para-hydroxylation sites is 1. The number of imidazole rings is 1. The van der Waals surface area contributed by atoms with E-state index in [1.54, 1.807) is 23.2 Å². The third-order valence-electron chi connectivity index (χ3n) is 10.1. The van der Waals surface area contributed by atoms with Gasteiger partial charge in [0, 0.05) is 48.0 Å². The molecule has 13 heteroatoms. The Morgan fingerprint density at radius 3 is 2.70 bits per heavy atom. The fraction of sp³-hybridized carbons (Fsp3) is 0.471. The molecule has 10 nitrogen and oxygen atoms in total. The van der Waals surface area contributed by atoms with Crippen molar-refractivity contribution in [3.05, 3.63) is 65.4 Å². The minimum atomic E-state index is -4.49. The normalized spacial score (nSPS) is 21.6.